The van der Waals surface area contributed by atoms with Crippen molar-refractivity contribution in [2.75, 3.05) is 10.5 Å². The van der Waals surface area contributed by atoms with Crippen molar-refractivity contribution in [3.05, 3.63) is 52.2 Å². The molecule has 0 saturated heterocycles. The predicted octanol–water partition coefficient (Wildman–Crippen LogP) is 2.32. The normalized spacial score (nSPS) is 11.7. The molecule has 0 fully saturated rings. The van der Waals surface area contributed by atoms with Gasteiger partial charge in [-0.1, -0.05) is 18.2 Å². The molecule has 21 heavy (non-hydrogen) atoms. The summed E-state index contributed by atoms with van der Waals surface area (Å²) in [6.45, 7) is 0. The molecular weight excluding hydrogens is 403 g/mol. The number of nitrogens with one attached hydrogen (secondary N) is 1. The van der Waals surface area contributed by atoms with E-state index >= 15 is 0 Å². The van der Waals surface area contributed by atoms with Gasteiger partial charge in [0.05, 0.1) is 5.69 Å². The fourth-order valence-corrected chi connectivity index (χ4v) is 4.00. The van der Waals surface area contributed by atoms with Crippen molar-refractivity contribution in [2.24, 2.45) is 0 Å². The lowest BCUT2D eigenvalue weighted by molar-refractivity contribution is 0.597. The average Bonchev–Trinajstić information content (AvgIpc) is 2.77. The SMILES string of the molecule is Nc1nc2ccccn2c1S(=O)(=O)Nc1ccccc1I. The van der Waals surface area contributed by atoms with Crippen LogP contribution in [-0.2, 0) is 10.0 Å². The van der Waals surface area contributed by atoms with E-state index in [9.17, 15) is 8.42 Å². The van der Waals surface area contributed by atoms with Crippen LogP contribution >= 0.6 is 22.6 Å². The standard InChI is InChI=1S/C13H11IN4O2S/c14-9-5-1-2-6-10(9)17-21(19,20)13-12(15)16-11-7-3-4-8-18(11)13/h1-8,17H,15H2. The number of anilines is 2. The highest BCUT2D eigenvalue weighted by atomic mass is 127. The lowest BCUT2D eigenvalue weighted by Gasteiger charge is -2.09. The van der Waals surface area contributed by atoms with Crippen molar-refractivity contribution in [2.45, 2.75) is 5.03 Å². The molecule has 108 valence electrons. The molecule has 0 saturated carbocycles. The molecule has 0 aliphatic carbocycles. The number of aromatic nitrogens is 2. The number of benzene rings is 1. The second-order valence-electron chi connectivity index (χ2n) is 4.32. The van der Waals surface area contributed by atoms with Crippen molar-refractivity contribution >= 4 is 49.8 Å². The fraction of sp³-hybridized carbons (Fsp3) is 0. The quantitative estimate of drug-likeness (QED) is 0.644. The predicted molar refractivity (Wildman–Crippen MR) is 89.6 cm³/mol. The molecule has 0 unspecified atom stereocenters. The number of para-hydroxylation sites is 1. The number of sulfonamides is 1. The second-order valence-corrected chi connectivity index (χ2v) is 7.08. The van der Waals surface area contributed by atoms with E-state index in [0.717, 1.165) is 3.57 Å². The maximum Gasteiger partial charge on any atom is 0.281 e. The molecule has 6 nitrogen and oxygen atoms in total. The van der Waals surface area contributed by atoms with E-state index in [1.807, 2.05) is 12.1 Å². The Morgan fingerprint density at radius 1 is 1.14 bits per heavy atom. The molecule has 3 aromatic rings. The summed E-state index contributed by atoms with van der Waals surface area (Å²) in [5, 5.41) is -0.0576. The van der Waals surface area contributed by atoms with Gasteiger partial charge in [0.1, 0.15) is 5.65 Å². The van der Waals surface area contributed by atoms with Crippen LogP contribution in [0.25, 0.3) is 5.65 Å². The monoisotopic (exact) mass is 414 g/mol. The van der Waals surface area contributed by atoms with Crippen LogP contribution in [0.2, 0.25) is 0 Å². The Labute approximate surface area is 135 Å². The van der Waals surface area contributed by atoms with Gasteiger partial charge in [0.2, 0.25) is 5.03 Å². The van der Waals surface area contributed by atoms with Gasteiger partial charge in [-0.05, 0) is 46.9 Å². The van der Waals surface area contributed by atoms with Crippen LogP contribution in [0, 0.1) is 3.57 Å². The Morgan fingerprint density at radius 2 is 1.86 bits per heavy atom. The van der Waals surface area contributed by atoms with Crippen LogP contribution in [0.15, 0.2) is 53.7 Å². The zero-order valence-corrected chi connectivity index (χ0v) is 13.7. The highest BCUT2D eigenvalue weighted by Crippen LogP contribution is 2.25. The summed E-state index contributed by atoms with van der Waals surface area (Å²) in [4.78, 5) is 4.06. The minimum absolute atomic E-state index is 0.0281. The summed E-state index contributed by atoms with van der Waals surface area (Å²) < 4.78 is 30.0. The van der Waals surface area contributed by atoms with Gasteiger partial charge in [-0.2, -0.15) is 8.42 Å². The maximum absolute atomic E-state index is 12.6. The topological polar surface area (TPSA) is 89.5 Å². The first kappa shape index (κ1) is 14.1. The molecular formula is C13H11IN4O2S. The highest BCUT2D eigenvalue weighted by molar-refractivity contribution is 14.1. The summed E-state index contributed by atoms with van der Waals surface area (Å²) in [7, 11) is -3.83. The number of hydrogen-bond acceptors (Lipinski definition) is 4. The summed E-state index contributed by atoms with van der Waals surface area (Å²) in [5.74, 6) is -0.0281. The van der Waals surface area contributed by atoms with Gasteiger partial charge in [-0.25, -0.2) is 4.98 Å². The van der Waals surface area contributed by atoms with Gasteiger partial charge < -0.3 is 5.73 Å². The summed E-state index contributed by atoms with van der Waals surface area (Å²) in [6.07, 6.45) is 1.61. The summed E-state index contributed by atoms with van der Waals surface area (Å²) in [6, 6.07) is 12.3. The Kier molecular flexibility index (Phi) is 3.49. The zero-order valence-electron chi connectivity index (χ0n) is 10.7. The molecule has 0 bridgehead atoms. The van der Waals surface area contributed by atoms with Crippen molar-refractivity contribution in [1.29, 1.82) is 0 Å². The highest BCUT2D eigenvalue weighted by Gasteiger charge is 2.24. The molecule has 0 aliphatic rings. The number of nitrogens with two attached hydrogens (primary N) is 1. The Morgan fingerprint density at radius 3 is 2.62 bits per heavy atom. The molecule has 0 radical (unpaired) electrons. The van der Waals surface area contributed by atoms with E-state index in [0.29, 0.717) is 11.3 Å². The van der Waals surface area contributed by atoms with Gasteiger partial charge in [0, 0.05) is 9.77 Å². The third kappa shape index (κ3) is 2.56. The number of fused-ring (bicyclic) bond motifs is 1. The average molecular weight is 414 g/mol. The van der Waals surface area contributed by atoms with Crippen LogP contribution in [0.5, 0.6) is 0 Å². The van der Waals surface area contributed by atoms with E-state index in [1.165, 1.54) is 4.40 Å². The number of halogens is 1. The van der Waals surface area contributed by atoms with E-state index in [2.05, 4.69) is 32.3 Å². The molecule has 1 aromatic carbocycles. The number of hydrogen-bond donors (Lipinski definition) is 2. The second kappa shape index (κ2) is 5.19. The summed E-state index contributed by atoms with van der Waals surface area (Å²) in [5.41, 5.74) is 6.77. The largest absolute Gasteiger partial charge is 0.381 e. The van der Waals surface area contributed by atoms with Gasteiger partial charge in [0.15, 0.2) is 5.82 Å². The van der Waals surface area contributed by atoms with E-state index in [4.69, 9.17) is 5.73 Å². The minimum atomic E-state index is -3.83. The van der Waals surface area contributed by atoms with Crippen LogP contribution in [0.1, 0.15) is 0 Å². The molecule has 2 heterocycles. The number of nitrogen functional groups attached to an aromatic ring is 1. The summed E-state index contributed by atoms with van der Waals surface area (Å²) >= 11 is 2.06. The Bertz CT molecular complexity index is 921. The number of imidazole rings is 1. The molecule has 0 atom stereocenters. The Balaban J connectivity index is 2.13. The van der Waals surface area contributed by atoms with Crippen LogP contribution in [-0.4, -0.2) is 17.8 Å². The number of nitrogens with zero attached hydrogens (tertiary/aromatic N) is 2. The zero-order chi connectivity index (χ0) is 15.0. The lowest BCUT2D eigenvalue weighted by atomic mass is 10.3. The lowest BCUT2D eigenvalue weighted by Crippen LogP contribution is -2.17. The Hall–Kier alpha value is -1.81. The maximum atomic E-state index is 12.6. The number of rotatable bonds is 3. The first-order valence-corrected chi connectivity index (χ1v) is 8.55. The molecule has 0 spiro atoms. The number of pyridine rings is 1. The van der Waals surface area contributed by atoms with E-state index in [1.54, 1.807) is 36.5 Å². The van der Waals surface area contributed by atoms with Crippen molar-refractivity contribution in [3.63, 3.8) is 0 Å². The van der Waals surface area contributed by atoms with Gasteiger partial charge in [-0.3, -0.25) is 9.12 Å². The first-order valence-electron chi connectivity index (χ1n) is 5.99. The first-order chi connectivity index (χ1) is 9.99. The van der Waals surface area contributed by atoms with Crippen LogP contribution in [0.3, 0.4) is 0 Å². The van der Waals surface area contributed by atoms with Gasteiger partial charge in [-0.15, -0.1) is 0 Å². The van der Waals surface area contributed by atoms with E-state index in [-0.39, 0.29) is 10.8 Å². The van der Waals surface area contributed by atoms with Gasteiger partial charge >= 0.3 is 0 Å². The van der Waals surface area contributed by atoms with E-state index < -0.39 is 10.0 Å². The smallest absolute Gasteiger partial charge is 0.281 e. The molecule has 0 aliphatic heterocycles. The van der Waals surface area contributed by atoms with Crippen LogP contribution < -0.4 is 10.5 Å². The van der Waals surface area contributed by atoms with Crippen molar-refractivity contribution in [3.8, 4) is 0 Å². The van der Waals surface area contributed by atoms with Crippen molar-refractivity contribution in [1.82, 2.24) is 9.38 Å². The third-order valence-electron chi connectivity index (χ3n) is 2.88. The van der Waals surface area contributed by atoms with Crippen LogP contribution in [0.4, 0.5) is 11.5 Å². The molecule has 3 rings (SSSR count). The molecule has 8 heteroatoms. The van der Waals surface area contributed by atoms with Gasteiger partial charge in [0.25, 0.3) is 10.0 Å². The molecule has 3 N–H and O–H groups in total. The third-order valence-corrected chi connectivity index (χ3v) is 5.23. The fourth-order valence-electron chi connectivity index (χ4n) is 2.00. The van der Waals surface area contributed by atoms with Crippen molar-refractivity contribution < 1.29 is 8.42 Å². The minimum Gasteiger partial charge on any atom is -0.381 e. The molecule has 0 amide bonds. The molecule has 2 aromatic heterocycles.